The zero-order valence-corrected chi connectivity index (χ0v) is 10.7. The molecule has 0 aromatic carbocycles. The zero-order valence-electron chi connectivity index (χ0n) is 9.15. The molecule has 1 amide bonds. The number of aromatic nitrogens is 2. The summed E-state index contributed by atoms with van der Waals surface area (Å²) in [5.41, 5.74) is 0.898. The van der Waals surface area contributed by atoms with Crippen molar-refractivity contribution < 1.29 is 9.53 Å². The van der Waals surface area contributed by atoms with Gasteiger partial charge in [0.25, 0.3) is 0 Å². The van der Waals surface area contributed by atoms with Crippen LogP contribution in [-0.4, -0.2) is 46.9 Å². The lowest BCUT2D eigenvalue weighted by molar-refractivity contribution is -0.136. The van der Waals surface area contributed by atoms with Gasteiger partial charge in [-0.25, -0.2) is 0 Å². The standard InChI is InChI=1S/C10H14BrN3O2/c1-8-9(11)6-14(12-8)7-10(15)13-2-4-16-5-3-13/h6H,2-5,7H2,1H3. The van der Waals surface area contributed by atoms with Crippen molar-refractivity contribution >= 4 is 21.8 Å². The fourth-order valence-corrected chi connectivity index (χ4v) is 1.94. The van der Waals surface area contributed by atoms with Crippen molar-refractivity contribution in [1.82, 2.24) is 14.7 Å². The van der Waals surface area contributed by atoms with E-state index in [1.165, 1.54) is 0 Å². The summed E-state index contributed by atoms with van der Waals surface area (Å²) in [6.45, 7) is 4.83. The minimum absolute atomic E-state index is 0.0956. The van der Waals surface area contributed by atoms with Crippen LogP contribution in [0.25, 0.3) is 0 Å². The number of morpholine rings is 1. The number of halogens is 1. The lowest BCUT2D eigenvalue weighted by Crippen LogP contribution is -2.42. The normalized spacial score (nSPS) is 16.5. The van der Waals surface area contributed by atoms with Gasteiger partial charge in [-0.1, -0.05) is 0 Å². The summed E-state index contributed by atoms with van der Waals surface area (Å²) in [5, 5.41) is 4.24. The Morgan fingerprint density at radius 2 is 2.25 bits per heavy atom. The van der Waals surface area contributed by atoms with Crippen molar-refractivity contribution in [2.75, 3.05) is 26.3 Å². The first kappa shape index (κ1) is 11.6. The molecule has 88 valence electrons. The molecule has 2 heterocycles. The first-order valence-electron chi connectivity index (χ1n) is 5.22. The van der Waals surface area contributed by atoms with Gasteiger partial charge in [0.05, 0.1) is 23.4 Å². The highest BCUT2D eigenvalue weighted by Gasteiger charge is 2.17. The van der Waals surface area contributed by atoms with E-state index in [9.17, 15) is 4.79 Å². The summed E-state index contributed by atoms with van der Waals surface area (Å²) in [5.74, 6) is 0.0956. The summed E-state index contributed by atoms with van der Waals surface area (Å²) in [4.78, 5) is 13.7. The Morgan fingerprint density at radius 3 is 2.81 bits per heavy atom. The maximum atomic E-state index is 11.9. The van der Waals surface area contributed by atoms with Crippen molar-refractivity contribution in [3.05, 3.63) is 16.4 Å². The van der Waals surface area contributed by atoms with Crippen LogP contribution >= 0.6 is 15.9 Å². The first-order valence-corrected chi connectivity index (χ1v) is 6.01. The molecule has 6 heteroatoms. The Labute approximate surface area is 102 Å². The van der Waals surface area contributed by atoms with Gasteiger partial charge in [-0.15, -0.1) is 0 Å². The second-order valence-corrected chi connectivity index (χ2v) is 4.61. The fraction of sp³-hybridized carbons (Fsp3) is 0.600. The monoisotopic (exact) mass is 287 g/mol. The molecule has 0 saturated carbocycles. The highest BCUT2D eigenvalue weighted by molar-refractivity contribution is 9.10. The average Bonchev–Trinajstić information content (AvgIpc) is 2.59. The van der Waals surface area contributed by atoms with Crippen LogP contribution in [0.4, 0.5) is 0 Å². The number of hydrogen-bond acceptors (Lipinski definition) is 3. The van der Waals surface area contributed by atoms with E-state index in [-0.39, 0.29) is 5.91 Å². The van der Waals surface area contributed by atoms with Crippen LogP contribution in [0.15, 0.2) is 10.7 Å². The van der Waals surface area contributed by atoms with Crippen molar-refractivity contribution in [1.29, 1.82) is 0 Å². The van der Waals surface area contributed by atoms with E-state index >= 15 is 0 Å². The van der Waals surface area contributed by atoms with Gasteiger partial charge in [-0.05, 0) is 22.9 Å². The van der Waals surface area contributed by atoms with E-state index in [1.807, 2.05) is 18.0 Å². The summed E-state index contributed by atoms with van der Waals surface area (Å²) >= 11 is 3.37. The Hall–Kier alpha value is -0.880. The molecule has 0 unspecified atom stereocenters. The van der Waals surface area contributed by atoms with Crippen molar-refractivity contribution in [3.8, 4) is 0 Å². The van der Waals surface area contributed by atoms with Gasteiger partial charge in [-0.2, -0.15) is 5.10 Å². The molecule has 5 nitrogen and oxygen atoms in total. The van der Waals surface area contributed by atoms with Gasteiger partial charge in [0.15, 0.2) is 0 Å². The molecule has 1 aromatic rings. The maximum absolute atomic E-state index is 11.9. The van der Waals surface area contributed by atoms with E-state index in [2.05, 4.69) is 21.0 Å². The summed E-state index contributed by atoms with van der Waals surface area (Å²) in [7, 11) is 0. The quantitative estimate of drug-likeness (QED) is 0.809. The van der Waals surface area contributed by atoms with Gasteiger partial charge in [0.2, 0.25) is 5.91 Å². The summed E-state index contributed by atoms with van der Waals surface area (Å²) < 4.78 is 7.80. The van der Waals surface area contributed by atoms with Crippen LogP contribution in [0.3, 0.4) is 0 Å². The minimum atomic E-state index is 0.0956. The summed E-state index contributed by atoms with van der Waals surface area (Å²) in [6.07, 6.45) is 1.83. The van der Waals surface area contributed by atoms with Crippen LogP contribution < -0.4 is 0 Å². The predicted octanol–water partition coefficient (Wildman–Crippen LogP) is 0.813. The number of ether oxygens (including phenoxy) is 1. The van der Waals surface area contributed by atoms with E-state index in [4.69, 9.17) is 4.74 Å². The third-order valence-electron chi connectivity index (χ3n) is 2.55. The highest BCUT2D eigenvalue weighted by atomic mass is 79.9. The topological polar surface area (TPSA) is 47.4 Å². The molecule has 0 bridgehead atoms. The number of aryl methyl sites for hydroxylation is 1. The van der Waals surface area contributed by atoms with Crippen molar-refractivity contribution in [2.45, 2.75) is 13.5 Å². The number of amides is 1. The van der Waals surface area contributed by atoms with Crippen molar-refractivity contribution in [3.63, 3.8) is 0 Å². The van der Waals surface area contributed by atoms with Gasteiger partial charge in [0.1, 0.15) is 6.54 Å². The molecule has 0 N–H and O–H groups in total. The molecule has 0 atom stereocenters. The number of hydrogen-bond donors (Lipinski definition) is 0. The smallest absolute Gasteiger partial charge is 0.244 e. The molecule has 16 heavy (non-hydrogen) atoms. The number of carbonyl (C=O) groups is 1. The largest absolute Gasteiger partial charge is 0.378 e. The molecule has 1 aliphatic heterocycles. The van der Waals surface area contributed by atoms with E-state index in [0.717, 1.165) is 10.2 Å². The minimum Gasteiger partial charge on any atom is -0.378 e. The van der Waals surface area contributed by atoms with Gasteiger partial charge in [-0.3, -0.25) is 9.48 Å². The predicted molar refractivity (Wildman–Crippen MR) is 62.1 cm³/mol. The fourth-order valence-electron chi connectivity index (χ4n) is 1.63. The zero-order chi connectivity index (χ0) is 11.5. The van der Waals surface area contributed by atoms with Gasteiger partial charge < -0.3 is 9.64 Å². The van der Waals surface area contributed by atoms with Crippen LogP contribution in [-0.2, 0) is 16.1 Å². The lowest BCUT2D eigenvalue weighted by Gasteiger charge is -2.26. The Balaban J connectivity index is 1.95. The second-order valence-electron chi connectivity index (χ2n) is 3.75. The third-order valence-corrected chi connectivity index (χ3v) is 3.33. The SMILES string of the molecule is Cc1nn(CC(=O)N2CCOCC2)cc1Br. The molecular weight excluding hydrogens is 274 g/mol. The number of rotatable bonds is 2. The molecule has 1 fully saturated rings. The van der Waals surface area contributed by atoms with E-state index in [1.54, 1.807) is 4.68 Å². The molecule has 0 radical (unpaired) electrons. The molecule has 0 aliphatic carbocycles. The molecule has 1 saturated heterocycles. The number of carbonyl (C=O) groups excluding carboxylic acids is 1. The second kappa shape index (κ2) is 4.97. The molecular formula is C10H14BrN3O2. The van der Waals surface area contributed by atoms with E-state index < -0.39 is 0 Å². The molecule has 0 spiro atoms. The highest BCUT2D eigenvalue weighted by Crippen LogP contribution is 2.13. The van der Waals surface area contributed by atoms with E-state index in [0.29, 0.717) is 32.8 Å². The molecule has 1 aliphatic rings. The lowest BCUT2D eigenvalue weighted by atomic mass is 10.4. The number of nitrogens with zero attached hydrogens (tertiary/aromatic N) is 3. The first-order chi connectivity index (χ1) is 7.66. The molecule has 2 rings (SSSR count). The van der Waals surface area contributed by atoms with Gasteiger partial charge in [0, 0.05) is 19.3 Å². The maximum Gasteiger partial charge on any atom is 0.244 e. The Bertz CT molecular complexity index is 366. The Kier molecular flexibility index (Phi) is 3.60. The van der Waals surface area contributed by atoms with Crippen LogP contribution in [0.5, 0.6) is 0 Å². The van der Waals surface area contributed by atoms with Crippen LogP contribution in [0.2, 0.25) is 0 Å². The van der Waals surface area contributed by atoms with Gasteiger partial charge >= 0.3 is 0 Å². The average molecular weight is 288 g/mol. The van der Waals surface area contributed by atoms with Crippen molar-refractivity contribution in [2.24, 2.45) is 0 Å². The molecule has 1 aromatic heterocycles. The third kappa shape index (κ3) is 2.62. The van der Waals surface area contributed by atoms with Crippen LogP contribution in [0, 0.1) is 6.92 Å². The summed E-state index contributed by atoms with van der Waals surface area (Å²) in [6, 6.07) is 0. The Morgan fingerprint density at radius 1 is 1.56 bits per heavy atom. The van der Waals surface area contributed by atoms with Crippen LogP contribution in [0.1, 0.15) is 5.69 Å².